The largest absolute Gasteiger partial charge is 0.383 e. The molecule has 3 amide bonds. The SMILES string of the molecule is COCCN(CCC(=O)N1CCCC1)C(=O)c1cc2n(n1)CCCN(Cc1ccccc1)C2=O. The van der Waals surface area contributed by atoms with Crippen LogP contribution in [-0.4, -0.2) is 88.6 Å². The lowest BCUT2D eigenvalue weighted by atomic mass is 10.2. The number of carbonyl (C=O) groups is 3. The number of rotatable bonds is 9. The number of benzene rings is 1. The van der Waals surface area contributed by atoms with Crippen LogP contribution in [0.3, 0.4) is 0 Å². The highest BCUT2D eigenvalue weighted by molar-refractivity contribution is 5.98. The first-order valence-electron chi connectivity index (χ1n) is 12.0. The smallest absolute Gasteiger partial charge is 0.274 e. The summed E-state index contributed by atoms with van der Waals surface area (Å²) >= 11 is 0. The number of amides is 3. The van der Waals surface area contributed by atoms with Gasteiger partial charge in [0.2, 0.25) is 5.91 Å². The fourth-order valence-corrected chi connectivity index (χ4v) is 4.53. The highest BCUT2D eigenvalue weighted by atomic mass is 16.5. The molecule has 2 aliphatic heterocycles. The Morgan fingerprint density at radius 3 is 2.53 bits per heavy atom. The molecule has 1 aromatic carbocycles. The minimum atomic E-state index is -0.283. The minimum Gasteiger partial charge on any atom is -0.383 e. The number of hydrogen-bond acceptors (Lipinski definition) is 5. The van der Waals surface area contributed by atoms with Crippen molar-refractivity contribution in [1.82, 2.24) is 24.5 Å². The summed E-state index contributed by atoms with van der Waals surface area (Å²) in [6.45, 7) is 4.34. The molecule has 4 rings (SSSR count). The second kappa shape index (κ2) is 11.3. The van der Waals surface area contributed by atoms with Gasteiger partial charge in [-0.25, -0.2) is 0 Å². The average molecular weight is 468 g/mol. The molecule has 0 radical (unpaired) electrons. The Kier molecular flexibility index (Phi) is 7.95. The predicted octanol–water partition coefficient (Wildman–Crippen LogP) is 2.03. The zero-order chi connectivity index (χ0) is 23.9. The molecule has 0 aliphatic carbocycles. The van der Waals surface area contributed by atoms with Crippen molar-refractivity contribution in [2.24, 2.45) is 0 Å². The van der Waals surface area contributed by atoms with E-state index in [0.717, 1.165) is 37.9 Å². The van der Waals surface area contributed by atoms with Gasteiger partial charge in [0.05, 0.1) is 6.61 Å². The van der Waals surface area contributed by atoms with Crippen molar-refractivity contribution in [1.29, 1.82) is 0 Å². The van der Waals surface area contributed by atoms with Gasteiger partial charge in [-0.05, 0) is 24.8 Å². The lowest BCUT2D eigenvalue weighted by molar-refractivity contribution is -0.130. The van der Waals surface area contributed by atoms with E-state index in [1.165, 1.54) is 0 Å². The molecule has 0 N–H and O–H groups in total. The van der Waals surface area contributed by atoms with E-state index in [-0.39, 0.29) is 29.8 Å². The molecular formula is C25H33N5O4. The maximum Gasteiger partial charge on any atom is 0.274 e. The van der Waals surface area contributed by atoms with Crippen LogP contribution >= 0.6 is 0 Å². The topological polar surface area (TPSA) is 88.0 Å². The number of aromatic nitrogens is 2. The van der Waals surface area contributed by atoms with Gasteiger partial charge in [0, 0.05) is 65.4 Å². The van der Waals surface area contributed by atoms with Crippen molar-refractivity contribution in [2.45, 2.75) is 38.8 Å². The van der Waals surface area contributed by atoms with Gasteiger partial charge >= 0.3 is 0 Å². The summed E-state index contributed by atoms with van der Waals surface area (Å²) in [7, 11) is 1.58. The molecule has 34 heavy (non-hydrogen) atoms. The predicted molar refractivity (Wildman–Crippen MR) is 126 cm³/mol. The van der Waals surface area contributed by atoms with Crippen molar-refractivity contribution < 1.29 is 19.1 Å². The van der Waals surface area contributed by atoms with E-state index < -0.39 is 0 Å². The maximum atomic E-state index is 13.3. The van der Waals surface area contributed by atoms with Gasteiger partial charge in [0.1, 0.15) is 5.69 Å². The molecule has 182 valence electrons. The second-order valence-electron chi connectivity index (χ2n) is 8.83. The van der Waals surface area contributed by atoms with Gasteiger partial charge in [0.25, 0.3) is 11.8 Å². The fraction of sp³-hybridized carbons (Fsp3) is 0.520. The standard InChI is InChI=1S/C25H33N5O4/c1-34-17-16-28(15-10-23(31)27-11-5-6-12-27)24(32)21-18-22-25(33)29(13-7-14-30(22)26-21)19-20-8-3-2-4-9-20/h2-4,8-9,18H,5-7,10-17,19H2,1H3. The van der Waals surface area contributed by atoms with E-state index in [2.05, 4.69) is 5.10 Å². The van der Waals surface area contributed by atoms with Crippen LogP contribution in [0.5, 0.6) is 0 Å². The first kappa shape index (κ1) is 23.9. The zero-order valence-electron chi connectivity index (χ0n) is 19.8. The fourth-order valence-electron chi connectivity index (χ4n) is 4.53. The number of hydrogen-bond donors (Lipinski definition) is 0. The quantitative estimate of drug-likeness (QED) is 0.563. The van der Waals surface area contributed by atoms with Crippen molar-refractivity contribution in [2.75, 3.05) is 46.4 Å². The Balaban J connectivity index is 1.46. The first-order valence-corrected chi connectivity index (χ1v) is 12.0. The maximum absolute atomic E-state index is 13.3. The van der Waals surface area contributed by atoms with Crippen LogP contribution in [0.25, 0.3) is 0 Å². The van der Waals surface area contributed by atoms with E-state index in [1.807, 2.05) is 40.1 Å². The Bertz CT molecular complexity index is 1000. The lowest BCUT2D eigenvalue weighted by Gasteiger charge is -2.23. The summed E-state index contributed by atoms with van der Waals surface area (Å²) in [6, 6.07) is 11.5. The summed E-state index contributed by atoms with van der Waals surface area (Å²) in [5.74, 6) is -0.338. The molecule has 1 aromatic heterocycles. The molecule has 9 heteroatoms. The molecule has 0 saturated carbocycles. The first-order chi connectivity index (χ1) is 16.6. The zero-order valence-corrected chi connectivity index (χ0v) is 19.8. The summed E-state index contributed by atoms with van der Waals surface area (Å²) in [5, 5.41) is 4.48. The average Bonchev–Trinajstić information content (AvgIpc) is 3.51. The Labute approximate surface area is 200 Å². The van der Waals surface area contributed by atoms with E-state index in [1.54, 1.807) is 22.8 Å². The molecular weight excluding hydrogens is 434 g/mol. The molecule has 0 unspecified atom stereocenters. The van der Waals surface area contributed by atoms with E-state index >= 15 is 0 Å². The van der Waals surface area contributed by atoms with Crippen LogP contribution < -0.4 is 0 Å². The van der Waals surface area contributed by atoms with Gasteiger partial charge in [-0.2, -0.15) is 5.10 Å². The van der Waals surface area contributed by atoms with Crippen LogP contribution in [0.15, 0.2) is 36.4 Å². The van der Waals surface area contributed by atoms with Crippen LogP contribution in [0, 0.1) is 0 Å². The van der Waals surface area contributed by atoms with Crippen LogP contribution in [0.4, 0.5) is 0 Å². The van der Waals surface area contributed by atoms with Crippen molar-refractivity contribution in [3.05, 3.63) is 53.3 Å². The summed E-state index contributed by atoms with van der Waals surface area (Å²) in [5.41, 5.74) is 1.72. The number of likely N-dealkylation sites (tertiary alicyclic amines) is 1. The van der Waals surface area contributed by atoms with Crippen molar-refractivity contribution >= 4 is 17.7 Å². The van der Waals surface area contributed by atoms with Gasteiger partial charge in [-0.3, -0.25) is 19.1 Å². The summed E-state index contributed by atoms with van der Waals surface area (Å²) in [4.78, 5) is 44.3. The molecule has 2 aromatic rings. The van der Waals surface area contributed by atoms with Gasteiger partial charge in [-0.15, -0.1) is 0 Å². The van der Waals surface area contributed by atoms with Crippen molar-refractivity contribution in [3.8, 4) is 0 Å². The second-order valence-corrected chi connectivity index (χ2v) is 8.83. The lowest BCUT2D eigenvalue weighted by Crippen LogP contribution is -2.38. The molecule has 1 saturated heterocycles. The Hall–Kier alpha value is -3.20. The minimum absolute atomic E-state index is 0.0695. The third-order valence-corrected chi connectivity index (χ3v) is 6.43. The number of fused-ring (bicyclic) bond motifs is 1. The molecule has 3 heterocycles. The molecule has 2 aliphatic rings. The normalized spacial score (nSPS) is 15.9. The third-order valence-electron chi connectivity index (χ3n) is 6.43. The highest BCUT2D eigenvalue weighted by Crippen LogP contribution is 2.18. The number of ether oxygens (including phenoxy) is 1. The third kappa shape index (κ3) is 5.64. The molecule has 0 atom stereocenters. The molecule has 0 bridgehead atoms. The van der Waals surface area contributed by atoms with Crippen LogP contribution in [-0.2, 0) is 22.6 Å². The van der Waals surface area contributed by atoms with Crippen molar-refractivity contribution in [3.63, 3.8) is 0 Å². The van der Waals surface area contributed by atoms with Gasteiger partial charge in [-0.1, -0.05) is 30.3 Å². The summed E-state index contributed by atoms with van der Waals surface area (Å²) in [6.07, 6.45) is 3.10. The van der Waals surface area contributed by atoms with Crippen LogP contribution in [0.2, 0.25) is 0 Å². The monoisotopic (exact) mass is 467 g/mol. The number of methoxy groups -OCH3 is 1. The molecule has 0 spiro atoms. The van der Waals surface area contributed by atoms with E-state index in [0.29, 0.717) is 45.0 Å². The molecule has 1 fully saturated rings. The van der Waals surface area contributed by atoms with Crippen LogP contribution in [0.1, 0.15) is 52.2 Å². The Morgan fingerprint density at radius 1 is 1.03 bits per heavy atom. The Morgan fingerprint density at radius 2 is 1.79 bits per heavy atom. The van der Waals surface area contributed by atoms with E-state index in [9.17, 15) is 14.4 Å². The number of aryl methyl sites for hydroxylation is 1. The number of nitrogens with zero attached hydrogens (tertiary/aromatic N) is 5. The van der Waals surface area contributed by atoms with Gasteiger partial charge in [0.15, 0.2) is 5.69 Å². The number of carbonyl (C=O) groups excluding carboxylic acids is 3. The summed E-state index contributed by atoms with van der Waals surface area (Å²) < 4.78 is 6.82. The van der Waals surface area contributed by atoms with E-state index in [4.69, 9.17) is 4.74 Å². The van der Waals surface area contributed by atoms with Gasteiger partial charge < -0.3 is 19.4 Å². The molecule has 9 nitrogen and oxygen atoms in total. The highest BCUT2D eigenvalue weighted by Gasteiger charge is 2.28.